The van der Waals surface area contributed by atoms with E-state index in [9.17, 15) is 9.18 Å². The average molecular weight is 269 g/mol. The van der Waals surface area contributed by atoms with Crippen LogP contribution in [0.3, 0.4) is 0 Å². The summed E-state index contributed by atoms with van der Waals surface area (Å²) in [6.45, 7) is 0. The Kier molecular flexibility index (Phi) is 2.95. The molecule has 1 N–H and O–H groups in total. The van der Waals surface area contributed by atoms with E-state index in [0.29, 0.717) is 11.3 Å². The second-order valence-electron chi connectivity index (χ2n) is 4.52. The Balaban J connectivity index is 1.88. The normalized spacial score (nSPS) is 10.7. The van der Waals surface area contributed by atoms with Crippen molar-refractivity contribution in [2.24, 2.45) is 7.05 Å². The summed E-state index contributed by atoms with van der Waals surface area (Å²) in [5.41, 5.74) is 2.61. The van der Waals surface area contributed by atoms with Gasteiger partial charge in [0, 0.05) is 18.3 Å². The van der Waals surface area contributed by atoms with E-state index in [2.05, 4.69) is 10.3 Å². The van der Waals surface area contributed by atoms with Crippen LogP contribution in [0.1, 0.15) is 10.4 Å². The van der Waals surface area contributed by atoms with Gasteiger partial charge in [-0.25, -0.2) is 9.37 Å². The zero-order valence-corrected chi connectivity index (χ0v) is 10.8. The minimum atomic E-state index is -0.386. The van der Waals surface area contributed by atoms with Gasteiger partial charge < -0.3 is 9.88 Å². The first-order chi connectivity index (χ1) is 9.63. The van der Waals surface area contributed by atoms with Crippen LogP contribution in [0.4, 0.5) is 10.1 Å². The minimum absolute atomic E-state index is 0.289. The van der Waals surface area contributed by atoms with Gasteiger partial charge in [-0.1, -0.05) is 6.07 Å². The molecule has 0 aliphatic rings. The maximum atomic E-state index is 13.1. The van der Waals surface area contributed by atoms with Gasteiger partial charge in [-0.15, -0.1) is 0 Å². The molecule has 4 nitrogen and oxygen atoms in total. The van der Waals surface area contributed by atoms with Crippen molar-refractivity contribution in [2.75, 3.05) is 5.32 Å². The Bertz CT molecular complexity index is 795. The van der Waals surface area contributed by atoms with E-state index in [1.807, 2.05) is 17.7 Å². The van der Waals surface area contributed by atoms with Crippen molar-refractivity contribution in [2.45, 2.75) is 0 Å². The number of carbonyl (C=O) groups is 1. The standard InChI is InChI=1S/C15H12FN3O/c1-19-9-17-13-7-10(5-6-14(13)19)15(20)18-12-4-2-3-11(16)8-12/h2-9H,1H3,(H,18,20). The lowest BCUT2D eigenvalue weighted by Crippen LogP contribution is -2.11. The fourth-order valence-corrected chi connectivity index (χ4v) is 2.05. The third-order valence-corrected chi connectivity index (χ3v) is 3.07. The first kappa shape index (κ1) is 12.3. The van der Waals surface area contributed by atoms with E-state index in [1.165, 1.54) is 12.1 Å². The first-order valence-electron chi connectivity index (χ1n) is 6.11. The number of halogens is 1. The molecule has 0 bridgehead atoms. The molecule has 1 aromatic heterocycles. The number of fused-ring (bicyclic) bond motifs is 1. The van der Waals surface area contributed by atoms with Gasteiger partial charge in [0.1, 0.15) is 5.82 Å². The van der Waals surface area contributed by atoms with Gasteiger partial charge in [-0.2, -0.15) is 0 Å². The first-order valence-corrected chi connectivity index (χ1v) is 6.11. The van der Waals surface area contributed by atoms with E-state index < -0.39 is 0 Å². The molecular formula is C15H12FN3O. The van der Waals surface area contributed by atoms with E-state index in [0.717, 1.165) is 11.0 Å². The summed E-state index contributed by atoms with van der Waals surface area (Å²) in [6, 6.07) is 11.1. The lowest BCUT2D eigenvalue weighted by atomic mass is 10.2. The van der Waals surface area contributed by atoms with Gasteiger partial charge in [-0.3, -0.25) is 4.79 Å². The predicted octanol–water partition coefficient (Wildman–Crippen LogP) is 2.96. The molecule has 0 aliphatic carbocycles. The van der Waals surface area contributed by atoms with E-state index >= 15 is 0 Å². The van der Waals surface area contributed by atoms with Crippen molar-refractivity contribution in [1.82, 2.24) is 9.55 Å². The Morgan fingerprint density at radius 2 is 2.10 bits per heavy atom. The van der Waals surface area contributed by atoms with E-state index in [1.54, 1.807) is 30.6 Å². The summed E-state index contributed by atoms with van der Waals surface area (Å²) in [5.74, 6) is -0.675. The molecule has 0 atom stereocenters. The highest BCUT2D eigenvalue weighted by molar-refractivity contribution is 6.05. The van der Waals surface area contributed by atoms with Gasteiger partial charge in [0.25, 0.3) is 5.91 Å². The van der Waals surface area contributed by atoms with Gasteiger partial charge >= 0.3 is 0 Å². The number of aryl methyl sites for hydroxylation is 1. The highest BCUT2D eigenvalue weighted by Gasteiger charge is 2.09. The van der Waals surface area contributed by atoms with Crippen LogP contribution in [-0.4, -0.2) is 15.5 Å². The van der Waals surface area contributed by atoms with Crippen LogP contribution in [0.2, 0.25) is 0 Å². The molecule has 20 heavy (non-hydrogen) atoms. The zero-order chi connectivity index (χ0) is 14.1. The summed E-state index contributed by atoms with van der Waals surface area (Å²) < 4.78 is 14.9. The molecule has 3 aromatic rings. The maximum absolute atomic E-state index is 13.1. The number of rotatable bonds is 2. The largest absolute Gasteiger partial charge is 0.334 e. The summed E-state index contributed by atoms with van der Waals surface area (Å²) in [5, 5.41) is 2.66. The summed E-state index contributed by atoms with van der Waals surface area (Å²) in [6.07, 6.45) is 1.69. The average Bonchev–Trinajstić information content (AvgIpc) is 2.80. The molecule has 0 spiro atoms. The third kappa shape index (κ3) is 2.25. The molecular weight excluding hydrogens is 257 g/mol. The van der Waals surface area contributed by atoms with Crippen molar-refractivity contribution in [3.63, 3.8) is 0 Å². The molecule has 0 saturated carbocycles. The summed E-state index contributed by atoms with van der Waals surface area (Å²) >= 11 is 0. The van der Waals surface area contributed by atoms with Crippen molar-refractivity contribution in [1.29, 1.82) is 0 Å². The number of nitrogens with zero attached hydrogens (tertiary/aromatic N) is 2. The monoisotopic (exact) mass is 269 g/mol. The topological polar surface area (TPSA) is 46.9 Å². The van der Waals surface area contributed by atoms with Crippen LogP contribution in [-0.2, 0) is 7.05 Å². The molecule has 0 saturated heterocycles. The molecule has 1 heterocycles. The van der Waals surface area contributed by atoms with Gasteiger partial charge in [-0.05, 0) is 36.4 Å². The zero-order valence-electron chi connectivity index (χ0n) is 10.8. The maximum Gasteiger partial charge on any atom is 0.255 e. The Morgan fingerprint density at radius 3 is 2.90 bits per heavy atom. The van der Waals surface area contributed by atoms with Crippen molar-refractivity contribution in [3.05, 3.63) is 60.2 Å². The number of anilines is 1. The molecule has 0 radical (unpaired) electrons. The van der Waals surface area contributed by atoms with E-state index in [-0.39, 0.29) is 11.7 Å². The molecule has 5 heteroatoms. The second-order valence-corrected chi connectivity index (χ2v) is 4.52. The quantitative estimate of drug-likeness (QED) is 0.777. The number of amides is 1. The summed E-state index contributed by atoms with van der Waals surface area (Å²) in [4.78, 5) is 16.3. The van der Waals surface area contributed by atoms with Crippen molar-refractivity contribution in [3.8, 4) is 0 Å². The number of aromatic nitrogens is 2. The van der Waals surface area contributed by atoms with Crippen LogP contribution in [0, 0.1) is 5.82 Å². The Labute approximate surface area is 114 Å². The Hall–Kier alpha value is -2.69. The lowest BCUT2D eigenvalue weighted by Gasteiger charge is -2.05. The molecule has 0 fully saturated rings. The van der Waals surface area contributed by atoms with Gasteiger partial charge in [0.05, 0.1) is 17.4 Å². The van der Waals surface area contributed by atoms with Gasteiger partial charge in [0.15, 0.2) is 0 Å². The van der Waals surface area contributed by atoms with Crippen LogP contribution >= 0.6 is 0 Å². The molecule has 0 unspecified atom stereocenters. The second kappa shape index (κ2) is 4.77. The summed E-state index contributed by atoms with van der Waals surface area (Å²) in [7, 11) is 1.89. The predicted molar refractivity (Wildman–Crippen MR) is 75.1 cm³/mol. The molecule has 2 aromatic carbocycles. The third-order valence-electron chi connectivity index (χ3n) is 3.07. The molecule has 3 rings (SSSR count). The fraction of sp³-hybridized carbons (Fsp3) is 0.0667. The molecule has 100 valence electrons. The van der Waals surface area contributed by atoms with E-state index in [4.69, 9.17) is 0 Å². The number of carbonyl (C=O) groups excluding carboxylic acids is 1. The molecule has 1 amide bonds. The Morgan fingerprint density at radius 1 is 1.25 bits per heavy atom. The van der Waals surface area contributed by atoms with Crippen molar-refractivity contribution < 1.29 is 9.18 Å². The van der Waals surface area contributed by atoms with Gasteiger partial charge in [0.2, 0.25) is 0 Å². The number of hydrogen-bond donors (Lipinski definition) is 1. The van der Waals surface area contributed by atoms with Crippen LogP contribution < -0.4 is 5.32 Å². The highest BCUT2D eigenvalue weighted by atomic mass is 19.1. The number of imidazole rings is 1. The highest BCUT2D eigenvalue weighted by Crippen LogP contribution is 2.16. The number of nitrogens with one attached hydrogen (secondary N) is 1. The lowest BCUT2D eigenvalue weighted by molar-refractivity contribution is 0.102. The smallest absolute Gasteiger partial charge is 0.255 e. The van der Waals surface area contributed by atoms with Crippen LogP contribution in [0.5, 0.6) is 0 Å². The number of benzene rings is 2. The fourth-order valence-electron chi connectivity index (χ4n) is 2.05. The van der Waals surface area contributed by atoms with Crippen LogP contribution in [0.15, 0.2) is 48.8 Å². The molecule has 0 aliphatic heterocycles. The SMILES string of the molecule is Cn1cnc2cc(C(=O)Nc3cccc(F)c3)ccc21. The van der Waals surface area contributed by atoms with Crippen LogP contribution in [0.25, 0.3) is 11.0 Å². The number of hydrogen-bond acceptors (Lipinski definition) is 2. The van der Waals surface area contributed by atoms with Crippen molar-refractivity contribution >= 4 is 22.6 Å². The minimum Gasteiger partial charge on any atom is -0.334 e.